The predicted octanol–water partition coefficient (Wildman–Crippen LogP) is 1.76. The minimum Gasteiger partial charge on any atom is -0.240 e. The van der Waals surface area contributed by atoms with Crippen molar-refractivity contribution in [2.24, 2.45) is 0 Å². The Labute approximate surface area is 82.2 Å². The standard InChI is InChI=1S/C6H3ClN2S.CO2/c7-5-3-8-6-4(9-5)1-2-10-6;2-1-3/h1-3H;. The first-order chi connectivity index (χ1) is 6.27. The number of carbonyl (C=O) groups excluding carboxylic acids is 2. The zero-order chi connectivity index (χ0) is 9.68. The number of halogens is 1. The van der Waals surface area contributed by atoms with E-state index in [1.54, 1.807) is 17.5 Å². The third-order valence-corrected chi connectivity index (χ3v) is 2.13. The van der Waals surface area contributed by atoms with Crippen LogP contribution in [0.2, 0.25) is 5.15 Å². The smallest absolute Gasteiger partial charge is 0.240 e. The molecule has 2 heterocycles. The van der Waals surface area contributed by atoms with Crippen molar-refractivity contribution in [2.45, 2.75) is 0 Å². The monoisotopic (exact) mass is 214 g/mol. The van der Waals surface area contributed by atoms with Crippen molar-refractivity contribution in [3.8, 4) is 0 Å². The summed E-state index contributed by atoms with van der Waals surface area (Å²) in [7, 11) is 0. The molecule has 0 saturated heterocycles. The Bertz CT molecular complexity index is 437. The third-order valence-electron chi connectivity index (χ3n) is 1.14. The van der Waals surface area contributed by atoms with E-state index in [2.05, 4.69) is 9.97 Å². The summed E-state index contributed by atoms with van der Waals surface area (Å²) in [5.74, 6) is 0. The number of nitrogens with zero attached hydrogens (tertiary/aromatic N) is 2. The van der Waals surface area contributed by atoms with Gasteiger partial charge in [0.2, 0.25) is 0 Å². The second-order valence-corrected chi connectivity index (χ2v) is 3.17. The van der Waals surface area contributed by atoms with Crippen LogP contribution in [-0.4, -0.2) is 16.1 Å². The molecule has 13 heavy (non-hydrogen) atoms. The van der Waals surface area contributed by atoms with Gasteiger partial charge in [-0.3, -0.25) is 0 Å². The van der Waals surface area contributed by atoms with Gasteiger partial charge in [-0.25, -0.2) is 9.97 Å². The van der Waals surface area contributed by atoms with E-state index in [4.69, 9.17) is 21.2 Å². The van der Waals surface area contributed by atoms with Crippen LogP contribution in [0.3, 0.4) is 0 Å². The molecule has 0 aliphatic carbocycles. The van der Waals surface area contributed by atoms with Crippen LogP contribution in [0.1, 0.15) is 0 Å². The number of rotatable bonds is 0. The van der Waals surface area contributed by atoms with Crippen LogP contribution in [0.5, 0.6) is 0 Å². The normalized spacial score (nSPS) is 8.69. The number of aromatic nitrogens is 2. The molecule has 0 unspecified atom stereocenters. The Morgan fingerprint density at radius 2 is 2.15 bits per heavy atom. The van der Waals surface area contributed by atoms with E-state index < -0.39 is 0 Å². The molecule has 0 amide bonds. The number of hydrogen-bond acceptors (Lipinski definition) is 5. The molecule has 0 aliphatic rings. The molecule has 0 saturated carbocycles. The summed E-state index contributed by atoms with van der Waals surface area (Å²) in [4.78, 5) is 25.3. The lowest BCUT2D eigenvalue weighted by atomic mass is 10.5. The maximum atomic E-state index is 8.12. The van der Waals surface area contributed by atoms with Crippen molar-refractivity contribution in [2.75, 3.05) is 0 Å². The summed E-state index contributed by atoms with van der Waals surface area (Å²) in [5, 5.41) is 2.40. The zero-order valence-corrected chi connectivity index (χ0v) is 7.80. The number of thiophene rings is 1. The van der Waals surface area contributed by atoms with Crippen molar-refractivity contribution in [3.05, 3.63) is 22.8 Å². The summed E-state index contributed by atoms with van der Waals surface area (Å²) in [6.45, 7) is 0. The highest BCUT2D eigenvalue weighted by Gasteiger charge is 1.96. The lowest BCUT2D eigenvalue weighted by molar-refractivity contribution is -0.191. The van der Waals surface area contributed by atoms with Gasteiger partial charge in [0, 0.05) is 0 Å². The van der Waals surface area contributed by atoms with Gasteiger partial charge in [-0.05, 0) is 11.4 Å². The molecule has 0 fully saturated rings. The molecule has 0 radical (unpaired) electrons. The van der Waals surface area contributed by atoms with Gasteiger partial charge >= 0.3 is 6.15 Å². The fraction of sp³-hybridized carbons (Fsp3) is 0. The average molecular weight is 215 g/mol. The molecule has 2 aromatic rings. The zero-order valence-electron chi connectivity index (χ0n) is 6.23. The van der Waals surface area contributed by atoms with Crippen molar-refractivity contribution < 1.29 is 9.59 Å². The third kappa shape index (κ3) is 2.59. The lowest BCUT2D eigenvalue weighted by Crippen LogP contribution is -1.76. The van der Waals surface area contributed by atoms with E-state index in [0.29, 0.717) is 5.15 Å². The first-order valence-electron chi connectivity index (χ1n) is 3.13. The van der Waals surface area contributed by atoms with E-state index in [1.165, 1.54) is 0 Å². The Morgan fingerprint density at radius 1 is 1.46 bits per heavy atom. The number of hydrogen-bond donors (Lipinski definition) is 0. The first-order valence-corrected chi connectivity index (χ1v) is 4.38. The van der Waals surface area contributed by atoms with Crippen LogP contribution >= 0.6 is 22.9 Å². The van der Waals surface area contributed by atoms with Gasteiger partial charge in [0.15, 0.2) is 0 Å². The molecule has 0 aromatic carbocycles. The van der Waals surface area contributed by atoms with Crippen molar-refractivity contribution in [3.63, 3.8) is 0 Å². The van der Waals surface area contributed by atoms with Crippen LogP contribution in [0, 0.1) is 0 Å². The number of fused-ring (bicyclic) bond motifs is 1. The topological polar surface area (TPSA) is 59.9 Å². The van der Waals surface area contributed by atoms with Crippen LogP contribution < -0.4 is 0 Å². The predicted molar refractivity (Wildman–Crippen MR) is 47.4 cm³/mol. The van der Waals surface area contributed by atoms with Gasteiger partial charge in [0.1, 0.15) is 15.5 Å². The van der Waals surface area contributed by atoms with Crippen LogP contribution in [0.15, 0.2) is 17.6 Å². The molecule has 6 heteroatoms. The van der Waals surface area contributed by atoms with Gasteiger partial charge in [0.05, 0.1) is 6.20 Å². The highest BCUT2D eigenvalue weighted by atomic mass is 35.5. The van der Waals surface area contributed by atoms with Crippen molar-refractivity contribution in [1.29, 1.82) is 0 Å². The summed E-state index contributed by atoms with van der Waals surface area (Å²) in [6, 6.07) is 1.90. The average Bonchev–Trinajstić information content (AvgIpc) is 2.52. The van der Waals surface area contributed by atoms with Crippen molar-refractivity contribution >= 4 is 39.4 Å². The molecule has 2 aromatic heterocycles. The molecular weight excluding hydrogens is 212 g/mol. The summed E-state index contributed by atoms with van der Waals surface area (Å²) >= 11 is 7.17. The first kappa shape index (κ1) is 9.80. The fourth-order valence-corrected chi connectivity index (χ4v) is 1.55. The summed E-state index contributed by atoms with van der Waals surface area (Å²) in [6.07, 6.45) is 1.81. The molecule has 66 valence electrons. The Balaban J connectivity index is 0.000000251. The van der Waals surface area contributed by atoms with Gasteiger partial charge in [-0.2, -0.15) is 9.59 Å². The molecule has 4 nitrogen and oxygen atoms in total. The van der Waals surface area contributed by atoms with E-state index in [1.807, 2.05) is 11.4 Å². The molecule has 0 spiro atoms. The van der Waals surface area contributed by atoms with Crippen LogP contribution in [0.25, 0.3) is 10.3 Å². The van der Waals surface area contributed by atoms with Crippen molar-refractivity contribution in [1.82, 2.24) is 9.97 Å². The maximum absolute atomic E-state index is 8.12. The Hall–Kier alpha value is -1.29. The Morgan fingerprint density at radius 3 is 2.85 bits per heavy atom. The minimum absolute atomic E-state index is 0.250. The molecular formula is C7H3ClN2O2S. The molecule has 0 aliphatic heterocycles. The highest BCUT2D eigenvalue weighted by Crippen LogP contribution is 2.17. The molecule has 0 bridgehead atoms. The minimum atomic E-state index is 0.250. The van der Waals surface area contributed by atoms with Crippen LogP contribution in [0.4, 0.5) is 0 Å². The van der Waals surface area contributed by atoms with Gasteiger partial charge < -0.3 is 0 Å². The lowest BCUT2D eigenvalue weighted by Gasteiger charge is -1.86. The van der Waals surface area contributed by atoms with Gasteiger partial charge in [0.25, 0.3) is 0 Å². The molecule has 0 N–H and O–H groups in total. The highest BCUT2D eigenvalue weighted by molar-refractivity contribution is 7.16. The summed E-state index contributed by atoms with van der Waals surface area (Å²) in [5.41, 5.74) is 0.873. The Kier molecular flexibility index (Phi) is 3.52. The quantitative estimate of drug-likeness (QED) is 0.671. The fourth-order valence-electron chi connectivity index (χ4n) is 0.732. The van der Waals surface area contributed by atoms with E-state index in [-0.39, 0.29) is 6.15 Å². The van der Waals surface area contributed by atoms with Gasteiger partial charge in [-0.15, -0.1) is 11.3 Å². The second kappa shape index (κ2) is 4.67. The second-order valence-electron chi connectivity index (χ2n) is 1.89. The maximum Gasteiger partial charge on any atom is 0.373 e. The van der Waals surface area contributed by atoms with E-state index in [0.717, 1.165) is 10.3 Å². The van der Waals surface area contributed by atoms with Gasteiger partial charge in [-0.1, -0.05) is 11.6 Å². The van der Waals surface area contributed by atoms with Crippen LogP contribution in [-0.2, 0) is 9.59 Å². The molecule has 0 atom stereocenters. The van der Waals surface area contributed by atoms with E-state index >= 15 is 0 Å². The molecule has 2 rings (SSSR count). The SMILES string of the molecule is Clc1cnc2sccc2n1.O=C=O. The largest absolute Gasteiger partial charge is 0.373 e. The van der Waals surface area contributed by atoms with E-state index in [9.17, 15) is 0 Å². The summed E-state index contributed by atoms with van der Waals surface area (Å²) < 4.78 is 0.